The van der Waals surface area contributed by atoms with Crippen LogP contribution in [0, 0.1) is 5.82 Å². The van der Waals surface area contributed by atoms with Crippen molar-refractivity contribution in [1.29, 1.82) is 0 Å². The molecule has 0 atom stereocenters. The number of amides is 1. The van der Waals surface area contributed by atoms with Crippen LogP contribution >= 0.6 is 0 Å². The summed E-state index contributed by atoms with van der Waals surface area (Å²) in [5.41, 5.74) is 6.37. The van der Waals surface area contributed by atoms with Gasteiger partial charge in [-0.25, -0.2) is 9.37 Å². The second-order valence-corrected chi connectivity index (χ2v) is 4.73. The van der Waals surface area contributed by atoms with Gasteiger partial charge in [0.15, 0.2) is 12.2 Å². The van der Waals surface area contributed by atoms with Gasteiger partial charge in [0, 0.05) is 6.07 Å². The molecule has 0 aliphatic heterocycles. The lowest BCUT2D eigenvalue weighted by Crippen LogP contribution is -2.13. The van der Waals surface area contributed by atoms with Gasteiger partial charge in [-0.05, 0) is 30.3 Å². The minimum atomic E-state index is -0.640. The molecule has 2 aromatic carbocycles. The molecule has 0 spiro atoms. The van der Waals surface area contributed by atoms with Crippen LogP contribution in [0.4, 0.5) is 4.39 Å². The summed E-state index contributed by atoms with van der Waals surface area (Å²) in [7, 11) is 1.48. The van der Waals surface area contributed by atoms with E-state index in [4.69, 9.17) is 19.6 Å². The number of nitrogens with zero attached hydrogens (tertiary/aromatic N) is 1. The number of fused-ring (bicyclic) bond motifs is 1. The second-order valence-electron chi connectivity index (χ2n) is 4.73. The Labute approximate surface area is 130 Å². The van der Waals surface area contributed by atoms with Gasteiger partial charge in [-0.2, -0.15) is 0 Å². The highest BCUT2D eigenvalue weighted by Crippen LogP contribution is 2.25. The van der Waals surface area contributed by atoms with Crippen LogP contribution in [0.15, 0.2) is 40.8 Å². The predicted molar refractivity (Wildman–Crippen MR) is 79.8 cm³/mol. The molecule has 0 aliphatic carbocycles. The molecule has 1 amide bonds. The van der Waals surface area contributed by atoms with E-state index in [-0.39, 0.29) is 23.8 Å². The lowest BCUT2D eigenvalue weighted by molar-refractivity contribution is 0.0995. The maximum Gasteiger partial charge on any atom is 0.252 e. The van der Waals surface area contributed by atoms with Crippen molar-refractivity contribution >= 4 is 17.0 Å². The number of hydrogen-bond acceptors (Lipinski definition) is 5. The van der Waals surface area contributed by atoms with Crippen LogP contribution < -0.4 is 15.2 Å². The van der Waals surface area contributed by atoms with Gasteiger partial charge in [0.25, 0.3) is 5.91 Å². The Balaban J connectivity index is 1.82. The molecule has 3 rings (SSSR count). The van der Waals surface area contributed by atoms with Gasteiger partial charge in [-0.3, -0.25) is 4.79 Å². The van der Waals surface area contributed by atoms with Crippen LogP contribution in [0.1, 0.15) is 16.2 Å². The third-order valence-electron chi connectivity index (χ3n) is 3.20. The Morgan fingerprint density at radius 3 is 2.87 bits per heavy atom. The largest absolute Gasteiger partial charge is 0.497 e. The van der Waals surface area contributed by atoms with Crippen molar-refractivity contribution in [2.75, 3.05) is 7.11 Å². The zero-order valence-corrected chi connectivity index (χ0v) is 12.2. The fourth-order valence-electron chi connectivity index (χ4n) is 2.10. The van der Waals surface area contributed by atoms with Crippen LogP contribution in [0.3, 0.4) is 0 Å². The van der Waals surface area contributed by atoms with Crippen LogP contribution in [0.2, 0.25) is 0 Å². The number of halogens is 1. The van der Waals surface area contributed by atoms with E-state index >= 15 is 0 Å². The summed E-state index contributed by atoms with van der Waals surface area (Å²) in [6, 6.07) is 8.74. The van der Waals surface area contributed by atoms with Crippen LogP contribution in [0.25, 0.3) is 11.1 Å². The third-order valence-corrected chi connectivity index (χ3v) is 3.20. The number of aromatic nitrogens is 1. The maximum absolute atomic E-state index is 13.1. The fraction of sp³-hybridized carbons (Fsp3) is 0.125. The zero-order chi connectivity index (χ0) is 16.4. The molecule has 0 fully saturated rings. The molecule has 118 valence electrons. The van der Waals surface area contributed by atoms with Crippen LogP contribution in [-0.4, -0.2) is 18.0 Å². The monoisotopic (exact) mass is 316 g/mol. The average molecular weight is 316 g/mol. The molecule has 1 heterocycles. The number of hydrogen-bond donors (Lipinski definition) is 1. The molecule has 0 unspecified atom stereocenters. The SMILES string of the molecule is COc1ccc(OCc2nc3cc(F)ccc3o2)c(C(N)=O)c1. The number of methoxy groups -OCH3 is 1. The van der Waals surface area contributed by atoms with Gasteiger partial charge < -0.3 is 19.6 Å². The predicted octanol–water partition coefficient (Wildman–Crippen LogP) is 2.65. The summed E-state index contributed by atoms with van der Waals surface area (Å²) in [6.07, 6.45) is 0. The van der Waals surface area contributed by atoms with Crippen molar-refractivity contribution in [1.82, 2.24) is 4.98 Å². The molecule has 0 radical (unpaired) electrons. The minimum Gasteiger partial charge on any atom is -0.497 e. The lowest BCUT2D eigenvalue weighted by atomic mass is 10.2. The van der Waals surface area contributed by atoms with Gasteiger partial charge in [-0.1, -0.05) is 0 Å². The van der Waals surface area contributed by atoms with Gasteiger partial charge in [0.05, 0.1) is 12.7 Å². The van der Waals surface area contributed by atoms with Gasteiger partial charge in [0.2, 0.25) is 5.89 Å². The number of oxazole rings is 1. The Morgan fingerprint density at radius 2 is 2.13 bits per heavy atom. The van der Waals surface area contributed by atoms with E-state index in [2.05, 4.69) is 4.98 Å². The Morgan fingerprint density at radius 1 is 1.30 bits per heavy atom. The Bertz CT molecular complexity index is 876. The van der Waals surface area contributed by atoms with E-state index in [0.717, 1.165) is 0 Å². The van der Waals surface area contributed by atoms with E-state index in [0.29, 0.717) is 16.8 Å². The van der Waals surface area contributed by atoms with E-state index in [1.54, 1.807) is 12.1 Å². The summed E-state index contributed by atoms with van der Waals surface area (Å²) >= 11 is 0. The smallest absolute Gasteiger partial charge is 0.252 e. The molecule has 0 saturated heterocycles. The first-order valence-corrected chi connectivity index (χ1v) is 6.72. The van der Waals surface area contributed by atoms with Crippen LogP contribution in [0.5, 0.6) is 11.5 Å². The van der Waals surface area contributed by atoms with E-state index in [9.17, 15) is 9.18 Å². The van der Waals surface area contributed by atoms with Crippen molar-refractivity contribution < 1.29 is 23.1 Å². The maximum atomic E-state index is 13.1. The van der Waals surface area contributed by atoms with Gasteiger partial charge in [-0.15, -0.1) is 0 Å². The molecule has 7 heteroatoms. The number of ether oxygens (including phenoxy) is 2. The summed E-state index contributed by atoms with van der Waals surface area (Å²) in [6.45, 7) is -0.0249. The number of benzene rings is 2. The van der Waals surface area contributed by atoms with Gasteiger partial charge in [0.1, 0.15) is 22.8 Å². The first kappa shape index (κ1) is 14.8. The van der Waals surface area contributed by atoms with Crippen molar-refractivity contribution in [2.45, 2.75) is 6.61 Å². The highest BCUT2D eigenvalue weighted by molar-refractivity contribution is 5.96. The highest BCUT2D eigenvalue weighted by Gasteiger charge is 2.13. The molecule has 23 heavy (non-hydrogen) atoms. The van der Waals surface area contributed by atoms with Crippen molar-refractivity contribution in [3.05, 3.63) is 53.7 Å². The van der Waals surface area contributed by atoms with E-state index in [1.165, 1.54) is 31.4 Å². The van der Waals surface area contributed by atoms with Crippen molar-refractivity contribution in [3.8, 4) is 11.5 Å². The van der Waals surface area contributed by atoms with E-state index in [1.807, 2.05) is 0 Å². The first-order valence-electron chi connectivity index (χ1n) is 6.72. The average Bonchev–Trinajstić information content (AvgIpc) is 2.94. The normalized spacial score (nSPS) is 10.7. The molecule has 2 N–H and O–H groups in total. The molecule has 3 aromatic rings. The minimum absolute atomic E-state index is 0.0249. The highest BCUT2D eigenvalue weighted by atomic mass is 19.1. The summed E-state index contributed by atoms with van der Waals surface area (Å²) in [5, 5.41) is 0. The molecular weight excluding hydrogens is 303 g/mol. The summed E-state index contributed by atoms with van der Waals surface area (Å²) in [5.74, 6) is -0.00460. The molecule has 1 aromatic heterocycles. The Kier molecular flexibility index (Phi) is 3.84. The standard InChI is InChI=1S/C16H13FN2O4/c1-21-10-3-5-13(11(7-10)16(18)20)22-8-15-19-12-6-9(17)2-4-14(12)23-15/h2-7H,8H2,1H3,(H2,18,20). The van der Waals surface area contributed by atoms with Crippen molar-refractivity contribution in [2.24, 2.45) is 5.73 Å². The van der Waals surface area contributed by atoms with Gasteiger partial charge >= 0.3 is 0 Å². The fourth-order valence-corrected chi connectivity index (χ4v) is 2.10. The topological polar surface area (TPSA) is 87.6 Å². The van der Waals surface area contributed by atoms with E-state index < -0.39 is 11.7 Å². The molecule has 0 aliphatic rings. The number of carbonyl (C=O) groups excluding carboxylic acids is 1. The number of nitrogens with two attached hydrogens (primary N) is 1. The first-order chi connectivity index (χ1) is 11.1. The second kappa shape index (κ2) is 5.96. The van der Waals surface area contributed by atoms with Crippen LogP contribution in [-0.2, 0) is 6.61 Å². The molecule has 0 bridgehead atoms. The summed E-state index contributed by atoms with van der Waals surface area (Å²) < 4.78 is 29.2. The lowest BCUT2D eigenvalue weighted by Gasteiger charge is -2.09. The zero-order valence-electron chi connectivity index (χ0n) is 12.2. The quantitative estimate of drug-likeness (QED) is 0.782. The number of primary amides is 1. The Hall–Kier alpha value is -3.09. The third kappa shape index (κ3) is 3.08. The summed E-state index contributed by atoms with van der Waals surface area (Å²) in [4.78, 5) is 15.6. The number of rotatable bonds is 5. The molecule has 0 saturated carbocycles. The molecular formula is C16H13FN2O4. The number of carbonyl (C=O) groups is 1. The van der Waals surface area contributed by atoms with Crippen molar-refractivity contribution in [3.63, 3.8) is 0 Å². The molecule has 6 nitrogen and oxygen atoms in total.